The van der Waals surface area contributed by atoms with Gasteiger partial charge in [0.2, 0.25) is 0 Å². The van der Waals surface area contributed by atoms with Crippen molar-refractivity contribution >= 4 is 34.7 Å². The highest BCUT2D eigenvalue weighted by Crippen LogP contribution is 2.13. The highest BCUT2D eigenvalue weighted by Gasteiger charge is 2.10. The van der Waals surface area contributed by atoms with Gasteiger partial charge in [0.05, 0.1) is 0 Å². The van der Waals surface area contributed by atoms with Gasteiger partial charge in [-0.15, -0.1) is 0 Å². The number of carbonyl (C=O) groups is 5. The Labute approximate surface area is 259 Å². The maximum Gasteiger partial charge on any atom is 0.251 e. The lowest BCUT2D eigenvalue weighted by atomic mass is 10.00. The molecule has 7 heteroatoms. The molecule has 0 aliphatic carbocycles. The minimum atomic E-state index is -0.152. The highest BCUT2D eigenvalue weighted by atomic mass is 16.2. The van der Waals surface area contributed by atoms with Crippen LogP contribution >= 0.6 is 0 Å². The zero-order chi connectivity index (χ0) is 32.8. The monoisotopic (exact) mass is 592 g/mol. The van der Waals surface area contributed by atoms with Crippen molar-refractivity contribution in [1.29, 1.82) is 0 Å². The molecule has 0 fully saturated rings. The normalized spacial score (nSPS) is 9.80. The molecule has 0 atom stereocenters. The van der Waals surface area contributed by atoms with Gasteiger partial charge in [-0.2, -0.15) is 0 Å². The molecule has 0 spiro atoms. The van der Waals surface area contributed by atoms with Gasteiger partial charge < -0.3 is 10.6 Å². The van der Waals surface area contributed by atoms with Gasteiger partial charge in [-0.3, -0.25) is 24.0 Å². The van der Waals surface area contributed by atoms with Crippen LogP contribution in [0.1, 0.15) is 96.2 Å². The first-order chi connectivity index (χ1) is 20.8. The predicted molar refractivity (Wildman–Crippen MR) is 176 cm³/mol. The van der Waals surface area contributed by atoms with Crippen LogP contribution in [0.2, 0.25) is 0 Å². The molecular weight excluding hydrogens is 552 g/mol. The Kier molecular flexibility index (Phi) is 13.6. The Balaban J connectivity index is 0.000000254. The van der Waals surface area contributed by atoms with E-state index in [0.29, 0.717) is 34.4 Å². The van der Waals surface area contributed by atoms with E-state index < -0.39 is 0 Å². The highest BCUT2D eigenvalue weighted by molar-refractivity contribution is 6.04. The summed E-state index contributed by atoms with van der Waals surface area (Å²) in [6.45, 7) is 10.4. The average molecular weight is 593 g/mol. The number of nitrogens with one attached hydrogen (secondary N) is 2. The zero-order valence-electron chi connectivity index (χ0n) is 26.4. The summed E-state index contributed by atoms with van der Waals surface area (Å²) < 4.78 is 0. The van der Waals surface area contributed by atoms with Crippen LogP contribution in [0.3, 0.4) is 0 Å². The van der Waals surface area contributed by atoms with Crippen molar-refractivity contribution in [2.75, 3.05) is 12.4 Å². The number of aryl methyl sites for hydroxylation is 2. The molecule has 4 aromatic carbocycles. The number of amides is 1. The number of hydrogen-bond acceptors (Lipinski definition) is 6. The first kappa shape index (κ1) is 35.0. The Morgan fingerprint density at radius 2 is 0.864 bits per heavy atom. The number of anilines is 1. The molecule has 4 aromatic rings. The number of Topliss-reactive ketones (excluding diaryl/α,β-unsaturated/α-hetero) is 4. The van der Waals surface area contributed by atoms with Gasteiger partial charge in [0, 0.05) is 47.1 Å². The molecule has 228 valence electrons. The number of rotatable bonds is 8. The minimum Gasteiger partial charge on any atom is -0.388 e. The molecule has 0 heterocycles. The van der Waals surface area contributed by atoms with Crippen molar-refractivity contribution in [3.63, 3.8) is 0 Å². The van der Waals surface area contributed by atoms with Crippen LogP contribution in [-0.4, -0.2) is 36.1 Å². The van der Waals surface area contributed by atoms with Gasteiger partial charge in [0.1, 0.15) is 0 Å². The third-order valence-corrected chi connectivity index (χ3v) is 6.62. The molecule has 0 aliphatic rings. The Morgan fingerprint density at radius 3 is 1.20 bits per heavy atom. The average Bonchev–Trinajstić information content (AvgIpc) is 3.01. The van der Waals surface area contributed by atoms with E-state index in [9.17, 15) is 24.0 Å². The van der Waals surface area contributed by atoms with E-state index in [1.807, 2.05) is 31.3 Å². The SMILES string of the molecule is CC(=O)c1cc(C(C)=O)cc(C(C)=O)c1.CNc1ccc(CNC(=O)c2ccc(C(C)=O)cc2)cc1.Cc1ccc(C)cc1. The summed E-state index contributed by atoms with van der Waals surface area (Å²) in [5.41, 5.74) is 7.06. The smallest absolute Gasteiger partial charge is 0.251 e. The summed E-state index contributed by atoms with van der Waals surface area (Å²) >= 11 is 0. The summed E-state index contributed by atoms with van der Waals surface area (Å²) in [4.78, 5) is 56.7. The van der Waals surface area contributed by atoms with Crippen LogP contribution in [0.15, 0.2) is 91.0 Å². The Morgan fingerprint density at radius 1 is 0.500 bits per heavy atom. The maximum absolute atomic E-state index is 12.0. The van der Waals surface area contributed by atoms with Crippen LogP contribution in [0, 0.1) is 13.8 Å². The van der Waals surface area contributed by atoms with Gasteiger partial charge in [-0.25, -0.2) is 0 Å². The van der Waals surface area contributed by atoms with Crippen LogP contribution < -0.4 is 10.6 Å². The molecule has 4 rings (SSSR count). The number of benzene rings is 4. The van der Waals surface area contributed by atoms with Crippen LogP contribution in [-0.2, 0) is 6.54 Å². The fourth-order valence-corrected chi connectivity index (χ4v) is 3.80. The van der Waals surface area contributed by atoms with Crippen molar-refractivity contribution in [1.82, 2.24) is 5.32 Å². The van der Waals surface area contributed by atoms with Gasteiger partial charge >= 0.3 is 0 Å². The van der Waals surface area contributed by atoms with Gasteiger partial charge in [0.25, 0.3) is 5.91 Å². The minimum absolute atomic E-state index is 0.00779. The molecule has 0 saturated heterocycles. The van der Waals surface area contributed by atoms with Crippen molar-refractivity contribution in [3.8, 4) is 0 Å². The zero-order valence-corrected chi connectivity index (χ0v) is 26.4. The summed E-state index contributed by atoms with van der Waals surface area (Å²) in [6, 6.07) is 27.5. The molecule has 0 aliphatic heterocycles. The van der Waals surface area contributed by atoms with Gasteiger partial charge in [-0.1, -0.05) is 59.7 Å². The van der Waals surface area contributed by atoms with E-state index in [1.165, 1.54) is 57.0 Å². The summed E-state index contributed by atoms with van der Waals surface area (Å²) in [5.74, 6) is -0.615. The Hall–Kier alpha value is -5.17. The van der Waals surface area contributed by atoms with E-state index in [1.54, 1.807) is 24.3 Å². The molecule has 0 radical (unpaired) electrons. The number of ketones is 4. The third-order valence-electron chi connectivity index (χ3n) is 6.62. The second-order valence-corrected chi connectivity index (χ2v) is 10.4. The van der Waals surface area contributed by atoms with E-state index >= 15 is 0 Å². The fourth-order valence-electron chi connectivity index (χ4n) is 3.80. The molecule has 0 aromatic heterocycles. The lowest BCUT2D eigenvalue weighted by Crippen LogP contribution is -2.22. The quantitative estimate of drug-likeness (QED) is 0.206. The second kappa shape index (κ2) is 17.1. The lowest BCUT2D eigenvalue weighted by molar-refractivity contribution is 0.0947. The first-order valence-corrected chi connectivity index (χ1v) is 14.2. The third kappa shape index (κ3) is 11.6. The van der Waals surface area contributed by atoms with E-state index in [2.05, 4.69) is 48.7 Å². The van der Waals surface area contributed by atoms with Crippen LogP contribution in [0.4, 0.5) is 5.69 Å². The predicted octanol–water partition coefficient (Wildman–Crippen LogP) is 7.46. The van der Waals surface area contributed by atoms with E-state index in [0.717, 1.165) is 11.3 Å². The molecule has 2 N–H and O–H groups in total. The second-order valence-electron chi connectivity index (χ2n) is 10.4. The van der Waals surface area contributed by atoms with Crippen molar-refractivity contribution in [2.45, 2.75) is 48.1 Å². The van der Waals surface area contributed by atoms with Gasteiger partial charge in [-0.05, 0) is 89.6 Å². The van der Waals surface area contributed by atoms with E-state index in [-0.39, 0.29) is 29.0 Å². The van der Waals surface area contributed by atoms with Crippen molar-refractivity contribution in [3.05, 3.63) is 136 Å². The lowest BCUT2D eigenvalue weighted by Gasteiger charge is -2.07. The van der Waals surface area contributed by atoms with Crippen molar-refractivity contribution < 1.29 is 24.0 Å². The number of hydrogen-bond donors (Lipinski definition) is 2. The molecular formula is C37H40N2O5. The van der Waals surface area contributed by atoms with Gasteiger partial charge in [0.15, 0.2) is 23.1 Å². The van der Waals surface area contributed by atoms with Crippen molar-refractivity contribution in [2.24, 2.45) is 0 Å². The van der Waals surface area contributed by atoms with E-state index in [4.69, 9.17) is 0 Å². The summed E-state index contributed by atoms with van der Waals surface area (Å²) in [5, 5.41) is 5.90. The fraction of sp³-hybridized carbons (Fsp3) is 0.216. The largest absolute Gasteiger partial charge is 0.388 e. The maximum atomic E-state index is 12.0. The molecule has 44 heavy (non-hydrogen) atoms. The van der Waals surface area contributed by atoms with Crippen LogP contribution in [0.5, 0.6) is 0 Å². The summed E-state index contributed by atoms with van der Waals surface area (Å²) in [6.07, 6.45) is 0. The number of carbonyl (C=O) groups excluding carboxylic acids is 5. The standard InChI is InChI=1S/C17H18N2O2.C12H12O3.C8H10/c1-12(20)14-5-7-15(8-6-14)17(21)19-11-13-3-9-16(18-2)10-4-13;1-7(13)10-4-11(8(2)14)6-12(5-10)9(3)15;1-7-3-5-8(2)6-4-7/h3-10,18H,11H2,1-2H3,(H,19,21);4-6H,1-3H3;3-6H,1-2H3. The first-order valence-electron chi connectivity index (χ1n) is 14.2. The molecule has 7 nitrogen and oxygen atoms in total. The molecule has 0 bridgehead atoms. The summed E-state index contributed by atoms with van der Waals surface area (Å²) in [7, 11) is 1.86. The molecule has 0 saturated carbocycles. The molecule has 1 amide bonds. The topological polar surface area (TPSA) is 109 Å². The Bertz CT molecular complexity index is 1500. The van der Waals surface area contributed by atoms with Crippen LogP contribution in [0.25, 0.3) is 0 Å². The molecule has 0 unspecified atom stereocenters.